The molecule has 1 saturated carbocycles. The molecule has 4 rings (SSSR count). The highest BCUT2D eigenvalue weighted by molar-refractivity contribution is 6.13. The van der Waals surface area contributed by atoms with Gasteiger partial charge >= 0.3 is 11.9 Å². The Morgan fingerprint density at radius 3 is 2.61 bits per heavy atom. The van der Waals surface area contributed by atoms with E-state index in [9.17, 15) is 24.6 Å². The van der Waals surface area contributed by atoms with Gasteiger partial charge in [0, 0.05) is 43.3 Å². The van der Waals surface area contributed by atoms with Crippen LogP contribution in [0.1, 0.15) is 46.5 Å². The van der Waals surface area contributed by atoms with Gasteiger partial charge in [0.05, 0.1) is 23.7 Å². The number of cyclic esters (lactones) is 1. The molecule has 0 spiro atoms. The van der Waals surface area contributed by atoms with Gasteiger partial charge < -0.3 is 34.6 Å². The lowest BCUT2D eigenvalue weighted by Gasteiger charge is -2.54. The number of aliphatic hydroxyl groups is 2. The average molecular weight is 533 g/mol. The summed E-state index contributed by atoms with van der Waals surface area (Å²) < 4.78 is 17.1. The topological polar surface area (TPSA) is 135 Å². The fourth-order valence-electron chi connectivity index (χ4n) is 6.96. The number of fused-ring (bicyclic) bond motifs is 4. The Hall–Kier alpha value is -2.69. The van der Waals surface area contributed by atoms with Crippen LogP contribution in [0, 0.1) is 16.7 Å². The van der Waals surface area contributed by atoms with Crippen LogP contribution in [0.3, 0.4) is 0 Å². The maximum atomic E-state index is 13.9. The second-order valence-electron chi connectivity index (χ2n) is 11.6. The Morgan fingerprint density at radius 1 is 1.26 bits per heavy atom. The van der Waals surface area contributed by atoms with E-state index in [1.165, 1.54) is 20.2 Å². The third-order valence-electron chi connectivity index (χ3n) is 8.83. The van der Waals surface area contributed by atoms with Crippen LogP contribution in [-0.4, -0.2) is 92.0 Å². The van der Waals surface area contributed by atoms with Gasteiger partial charge in [-0.15, -0.1) is 0 Å². The summed E-state index contributed by atoms with van der Waals surface area (Å²) >= 11 is 0. The number of esters is 2. The molecule has 3 aliphatic carbocycles. The minimum Gasteiger partial charge on any atom is -0.504 e. The van der Waals surface area contributed by atoms with E-state index < -0.39 is 52.6 Å². The molecule has 0 bridgehead atoms. The van der Waals surface area contributed by atoms with E-state index in [1.54, 1.807) is 6.92 Å². The number of allylic oxidation sites excluding steroid dienone is 1. The molecule has 1 heterocycles. The Labute approximate surface area is 223 Å². The van der Waals surface area contributed by atoms with Crippen molar-refractivity contribution in [1.29, 1.82) is 0 Å². The predicted octanol–water partition coefficient (Wildman–Crippen LogP) is 1.79. The monoisotopic (exact) mass is 532 g/mol. The molecular weight excluding hydrogens is 492 g/mol. The number of nitrogens with one attached hydrogen (secondary N) is 1. The number of hydrogen-bond donors (Lipinski definition) is 3. The van der Waals surface area contributed by atoms with Crippen LogP contribution in [0.15, 0.2) is 34.3 Å². The molecule has 38 heavy (non-hydrogen) atoms. The van der Waals surface area contributed by atoms with E-state index in [1.807, 2.05) is 25.9 Å². The molecular formula is C28H40N2O8. The highest BCUT2D eigenvalue weighted by atomic mass is 16.6. The lowest BCUT2D eigenvalue weighted by Crippen LogP contribution is -2.57. The number of nitrogens with zero attached hydrogens (tertiary/aromatic N) is 1. The molecule has 10 nitrogen and oxygen atoms in total. The first-order valence-corrected chi connectivity index (χ1v) is 13.2. The van der Waals surface area contributed by atoms with Crippen LogP contribution in [0.25, 0.3) is 0 Å². The van der Waals surface area contributed by atoms with Crippen molar-refractivity contribution in [2.45, 2.75) is 64.8 Å². The highest BCUT2D eigenvalue weighted by Gasteiger charge is 2.64. The van der Waals surface area contributed by atoms with Gasteiger partial charge in [-0.1, -0.05) is 6.92 Å². The van der Waals surface area contributed by atoms with Crippen molar-refractivity contribution >= 4 is 17.7 Å². The van der Waals surface area contributed by atoms with E-state index in [-0.39, 0.29) is 23.7 Å². The second kappa shape index (κ2) is 10.5. The predicted molar refractivity (Wildman–Crippen MR) is 138 cm³/mol. The third kappa shape index (κ3) is 4.46. The summed E-state index contributed by atoms with van der Waals surface area (Å²) in [6, 6.07) is 0. The molecule has 0 aromatic carbocycles. The molecule has 210 valence electrons. The van der Waals surface area contributed by atoms with Crippen LogP contribution < -0.4 is 5.32 Å². The number of ether oxygens (including phenoxy) is 3. The van der Waals surface area contributed by atoms with Crippen molar-refractivity contribution < 1.29 is 38.8 Å². The fraction of sp³-hybridized carbons (Fsp3) is 0.679. The number of ketones is 1. The lowest BCUT2D eigenvalue weighted by molar-refractivity contribution is -0.160. The first kappa shape index (κ1) is 28.3. The van der Waals surface area contributed by atoms with Crippen LogP contribution in [0.4, 0.5) is 0 Å². The molecule has 0 aromatic rings. The number of rotatable bonds is 8. The highest BCUT2D eigenvalue weighted by Crippen LogP contribution is 2.63. The molecule has 6 atom stereocenters. The summed E-state index contributed by atoms with van der Waals surface area (Å²) in [5, 5.41) is 25.5. The van der Waals surface area contributed by atoms with Crippen molar-refractivity contribution in [2.75, 3.05) is 40.9 Å². The molecule has 1 aliphatic heterocycles. The molecule has 0 aromatic heterocycles. The molecule has 1 saturated heterocycles. The first-order valence-electron chi connectivity index (χ1n) is 13.2. The minimum absolute atomic E-state index is 0.00485. The minimum atomic E-state index is -1.20. The number of hydrogen-bond acceptors (Lipinski definition) is 10. The Balaban J connectivity index is 1.88. The van der Waals surface area contributed by atoms with Crippen molar-refractivity contribution in [3.8, 4) is 0 Å². The van der Waals surface area contributed by atoms with Crippen LogP contribution in [0.5, 0.6) is 0 Å². The van der Waals surface area contributed by atoms with Crippen molar-refractivity contribution in [2.24, 2.45) is 16.7 Å². The van der Waals surface area contributed by atoms with E-state index in [4.69, 9.17) is 14.2 Å². The van der Waals surface area contributed by atoms with E-state index in [2.05, 4.69) is 5.32 Å². The summed E-state index contributed by atoms with van der Waals surface area (Å²) in [4.78, 5) is 41.4. The fourth-order valence-corrected chi connectivity index (χ4v) is 6.96. The zero-order valence-electron chi connectivity index (χ0n) is 23.1. The largest absolute Gasteiger partial charge is 0.504 e. The summed E-state index contributed by atoms with van der Waals surface area (Å²) in [5.41, 5.74) is -0.832. The zero-order chi connectivity index (χ0) is 28.0. The molecule has 1 unspecified atom stereocenters. The van der Waals surface area contributed by atoms with E-state index in [0.717, 1.165) is 13.0 Å². The SMILES string of the molecule is COC[C@H]1OC(=O)/C(=C\NCCCN(C)C)C2=C(O)C(=O)C3=C([C@H](OC(C)=O)C[C@@]4(C)C3CC[C@@H]4O)[C@]21C. The van der Waals surface area contributed by atoms with Gasteiger partial charge in [-0.2, -0.15) is 0 Å². The Kier molecular flexibility index (Phi) is 7.80. The van der Waals surface area contributed by atoms with E-state index >= 15 is 0 Å². The third-order valence-corrected chi connectivity index (χ3v) is 8.83. The second-order valence-corrected chi connectivity index (χ2v) is 11.6. The van der Waals surface area contributed by atoms with Crippen LogP contribution >= 0.6 is 0 Å². The van der Waals surface area contributed by atoms with E-state index in [0.29, 0.717) is 37.0 Å². The zero-order valence-corrected chi connectivity index (χ0v) is 23.1. The maximum Gasteiger partial charge on any atom is 0.340 e. The number of methoxy groups -OCH3 is 1. The molecule has 4 aliphatic rings. The average Bonchev–Trinajstić information content (AvgIpc) is 3.12. The number of carbonyl (C=O) groups excluding carboxylic acids is 3. The van der Waals surface area contributed by atoms with Gasteiger partial charge in [-0.05, 0) is 64.7 Å². The van der Waals surface area contributed by atoms with Crippen molar-refractivity contribution in [3.05, 3.63) is 34.3 Å². The van der Waals surface area contributed by atoms with Gasteiger partial charge in [0.15, 0.2) is 5.76 Å². The maximum absolute atomic E-state index is 13.9. The molecule has 10 heteroatoms. The Bertz CT molecular complexity index is 1110. The summed E-state index contributed by atoms with van der Waals surface area (Å²) in [7, 11) is 5.42. The quantitative estimate of drug-likeness (QED) is 0.241. The standard InChI is InChI=1S/C28H40N2O8/c1-15(31)37-18-12-27(2)17(8-9-19(27)32)21-23(18)28(3)20(14-36-6)38-26(35)16(22(28)25(34)24(21)33)13-29-10-7-11-30(4)5/h13,17-20,29,32,34H,7-12,14H2,1-6H3/b16-13-/t17?,18-,19+,20-,27+,28+/m1/s1. The lowest BCUT2D eigenvalue weighted by atomic mass is 9.53. The molecule has 3 N–H and O–H groups in total. The molecule has 0 amide bonds. The Morgan fingerprint density at radius 2 is 1.97 bits per heavy atom. The van der Waals surface area contributed by atoms with Gasteiger partial charge in [-0.3, -0.25) is 9.59 Å². The van der Waals surface area contributed by atoms with Gasteiger partial charge in [0.1, 0.15) is 12.2 Å². The van der Waals surface area contributed by atoms with Crippen LogP contribution in [0.2, 0.25) is 0 Å². The number of aliphatic hydroxyl groups excluding tert-OH is 2. The smallest absolute Gasteiger partial charge is 0.340 e. The molecule has 2 fully saturated rings. The normalized spacial score (nSPS) is 35.7. The first-order chi connectivity index (χ1) is 17.9. The molecule has 0 radical (unpaired) electrons. The van der Waals surface area contributed by atoms with Gasteiger partial charge in [0.25, 0.3) is 0 Å². The van der Waals surface area contributed by atoms with Gasteiger partial charge in [-0.25, -0.2) is 4.79 Å². The van der Waals surface area contributed by atoms with Gasteiger partial charge in [0.2, 0.25) is 5.78 Å². The van der Waals surface area contributed by atoms with Crippen molar-refractivity contribution in [3.63, 3.8) is 0 Å². The number of carbonyl (C=O) groups is 3. The summed E-state index contributed by atoms with van der Waals surface area (Å²) in [6.07, 6.45) is 1.25. The van der Waals surface area contributed by atoms with Crippen molar-refractivity contribution in [1.82, 2.24) is 10.2 Å². The summed E-state index contributed by atoms with van der Waals surface area (Å²) in [6.45, 7) is 6.42. The summed E-state index contributed by atoms with van der Waals surface area (Å²) in [5.74, 6) is -2.66. The number of Topliss-reactive ketones (excluding diaryl/α,β-unsaturated/α-hetero) is 1. The van der Waals surface area contributed by atoms with Crippen LogP contribution in [-0.2, 0) is 28.6 Å².